The molecule has 4 heterocycles. The lowest BCUT2D eigenvalue weighted by atomic mass is 9.96. The number of amides is 2. The Morgan fingerprint density at radius 3 is 2.70 bits per heavy atom. The monoisotopic (exact) mass is 517 g/mol. The fourth-order valence-corrected chi connectivity index (χ4v) is 5.49. The van der Waals surface area contributed by atoms with Crippen LogP contribution in [0.3, 0.4) is 0 Å². The second-order valence-electron chi connectivity index (χ2n) is 10.3. The van der Waals surface area contributed by atoms with Crippen molar-refractivity contribution < 1.29 is 22.7 Å². The number of morpholine rings is 1. The van der Waals surface area contributed by atoms with Crippen LogP contribution in [-0.2, 0) is 4.74 Å². The molecule has 3 fully saturated rings. The summed E-state index contributed by atoms with van der Waals surface area (Å²) in [5.41, 5.74) is 4.79. The molecule has 3 aliphatic heterocycles. The highest BCUT2D eigenvalue weighted by Gasteiger charge is 2.36. The van der Waals surface area contributed by atoms with E-state index in [-0.39, 0.29) is 12.6 Å². The van der Waals surface area contributed by atoms with Crippen LogP contribution in [0.5, 0.6) is 0 Å². The molecular formula is C27H34F3N5O2. The van der Waals surface area contributed by atoms with Crippen LogP contribution in [0.15, 0.2) is 30.3 Å². The number of hydrogen-bond acceptors (Lipinski definition) is 5. The molecule has 2 amide bonds. The summed E-state index contributed by atoms with van der Waals surface area (Å²) in [4.78, 5) is 21.6. The van der Waals surface area contributed by atoms with E-state index in [0.29, 0.717) is 37.8 Å². The van der Waals surface area contributed by atoms with Crippen molar-refractivity contribution in [3.8, 4) is 11.1 Å². The average molecular weight is 518 g/mol. The van der Waals surface area contributed by atoms with Gasteiger partial charge in [0.25, 0.3) is 0 Å². The number of nitrogens with one attached hydrogen (secondary N) is 2. The minimum absolute atomic E-state index is 0.121. The first-order chi connectivity index (χ1) is 17.7. The number of aryl methyl sites for hydroxylation is 1. The summed E-state index contributed by atoms with van der Waals surface area (Å²) in [6.07, 6.45) is -3.65. The van der Waals surface area contributed by atoms with Crippen LogP contribution in [0.4, 0.5) is 29.5 Å². The Kier molecular flexibility index (Phi) is 7.57. The number of carbonyl (C=O) groups is 1. The van der Waals surface area contributed by atoms with Crippen molar-refractivity contribution in [1.29, 1.82) is 0 Å². The fraction of sp³-hybridized carbons (Fsp3) is 0.556. The van der Waals surface area contributed by atoms with E-state index >= 15 is 0 Å². The normalized spacial score (nSPS) is 22.5. The first-order valence-corrected chi connectivity index (χ1v) is 13.0. The van der Waals surface area contributed by atoms with E-state index in [1.54, 1.807) is 0 Å². The Labute approximate surface area is 215 Å². The van der Waals surface area contributed by atoms with E-state index in [9.17, 15) is 18.0 Å². The largest absolute Gasteiger partial charge is 0.389 e. The third kappa shape index (κ3) is 6.35. The standard InChI is InChI=1S/C27H34F3N5O2/c1-18-2-3-22(32-26(36)35-7-5-19(17-35)15-27(28,29)30)14-23(18)21-12-24(20-4-6-31-16-20)33-25(13-21)34-8-10-37-11-9-34/h2-3,12-14,19-20,31H,4-11,15-17H2,1H3,(H,32,36)/t19-,20?/m0/s1. The predicted octanol–water partition coefficient (Wildman–Crippen LogP) is 4.78. The molecule has 2 aromatic rings. The van der Waals surface area contributed by atoms with E-state index < -0.39 is 18.5 Å². The van der Waals surface area contributed by atoms with Gasteiger partial charge < -0.3 is 25.2 Å². The number of rotatable bonds is 5. The molecule has 3 aliphatic rings. The van der Waals surface area contributed by atoms with Gasteiger partial charge in [-0.05, 0) is 73.2 Å². The van der Waals surface area contributed by atoms with Crippen LogP contribution >= 0.6 is 0 Å². The number of nitrogens with zero attached hydrogens (tertiary/aromatic N) is 3. The highest BCUT2D eigenvalue weighted by atomic mass is 19.4. The van der Waals surface area contributed by atoms with Crippen LogP contribution in [0.2, 0.25) is 0 Å². The molecule has 1 aromatic carbocycles. The summed E-state index contributed by atoms with van der Waals surface area (Å²) in [5, 5.41) is 6.33. The maximum atomic E-state index is 12.8. The molecule has 7 nitrogen and oxygen atoms in total. The highest BCUT2D eigenvalue weighted by molar-refractivity contribution is 5.90. The van der Waals surface area contributed by atoms with Gasteiger partial charge >= 0.3 is 12.2 Å². The minimum Gasteiger partial charge on any atom is -0.378 e. The zero-order chi connectivity index (χ0) is 26.0. The maximum absolute atomic E-state index is 12.8. The maximum Gasteiger partial charge on any atom is 0.389 e. The number of pyridine rings is 1. The van der Waals surface area contributed by atoms with Crippen LogP contribution in [-0.4, -0.2) is 74.6 Å². The Balaban J connectivity index is 1.37. The molecule has 0 spiro atoms. The van der Waals surface area contributed by atoms with Gasteiger partial charge in [-0.25, -0.2) is 9.78 Å². The third-order valence-electron chi connectivity index (χ3n) is 7.54. The summed E-state index contributed by atoms with van der Waals surface area (Å²) < 4.78 is 43.8. The number of urea groups is 1. The molecule has 0 radical (unpaired) electrons. The van der Waals surface area contributed by atoms with Crippen molar-refractivity contribution in [1.82, 2.24) is 15.2 Å². The van der Waals surface area contributed by atoms with Crippen LogP contribution in [0.1, 0.15) is 36.4 Å². The molecule has 2 N–H and O–H groups in total. The zero-order valence-electron chi connectivity index (χ0n) is 21.1. The third-order valence-corrected chi connectivity index (χ3v) is 7.54. The number of likely N-dealkylation sites (tertiary alicyclic amines) is 1. The number of aromatic nitrogens is 1. The van der Waals surface area contributed by atoms with E-state index in [1.807, 2.05) is 25.1 Å². The Morgan fingerprint density at radius 1 is 1.16 bits per heavy atom. The molecule has 0 aliphatic carbocycles. The average Bonchev–Trinajstić information content (AvgIpc) is 3.57. The number of carbonyl (C=O) groups excluding carboxylic acids is 1. The van der Waals surface area contributed by atoms with Gasteiger partial charge in [0.1, 0.15) is 5.82 Å². The molecule has 1 aromatic heterocycles. The van der Waals surface area contributed by atoms with E-state index in [1.165, 1.54) is 4.90 Å². The van der Waals surface area contributed by atoms with E-state index in [0.717, 1.165) is 60.8 Å². The lowest BCUT2D eigenvalue weighted by molar-refractivity contribution is -0.143. The number of halogens is 3. The highest BCUT2D eigenvalue weighted by Crippen LogP contribution is 2.34. The van der Waals surface area contributed by atoms with Gasteiger partial charge in [0.15, 0.2) is 0 Å². The lowest BCUT2D eigenvalue weighted by Gasteiger charge is -2.29. The molecule has 1 unspecified atom stereocenters. The van der Waals surface area contributed by atoms with Crippen LogP contribution in [0.25, 0.3) is 11.1 Å². The van der Waals surface area contributed by atoms with Crippen molar-refractivity contribution in [2.24, 2.45) is 5.92 Å². The quantitative estimate of drug-likeness (QED) is 0.598. The van der Waals surface area contributed by atoms with Crippen molar-refractivity contribution in [2.75, 3.05) is 62.7 Å². The van der Waals surface area contributed by atoms with E-state index in [4.69, 9.17) is 9.72 Å². The topological polar surface area (TPSA) is 69.7 Å². The zero-order valence-corrected chi connectivity index (χ0v) is 21.1. The second kappa shape index (κ2) is 10.9. The SMILES string of the molecule is Cc1ccc(NC(=O)N2CC[C@@H](CC(F)(F)F)C2)cc1-c1cc(C2CCNC2)nc(N2CCOCC2)c1. The van der Waals surface area contributed by atoms with Gasteiger partial charge in [0, 0.05) is 56.4 Å². The summed E-state index contributed by atoms with van der Waals surface area (Å²) in [7, 11) is 0. The summed E-state index contributed by atoms with van der Waals surface area (Å²) in [5.74, 6) is 0.741. The van der Waals surface area contributed by atoms with Gasteiger partial charge in [0.2, 0.25) is 0 Å². The Morgan fingerprint density at radius 2 is 1.97 bits per heavy atom. The van der Waals surface area contributed by atoms with Gasteiger partial charge in [-0.3, -0.25) is 0 Å². The minimum atomic E-state index is -4.21. The molecular weight excluding hydrogens is 483 g/mol. The van der Waals surface area contributed by atoms with Gasteiger partial charge in [-0.2, -0.15) is 13.2 Å². The van der Waals surface area contributed by atoms with Crippen molar-refractivity contribution in [3.05, 3.63) is 41.6 Å². The van der Waals surface area contributed by atoms with Crippen LogP contribution < -0.4 is 15.5 Å². The molecule has 200 valence electrons. The van der Waals surface area contributed by atoms with Crippen molar-refractivity contribution in [3.63, 3.8) is 0 Å². The summed E-state index contributed by atoms with van der Waals surface area (Å²) >= 11 is 0. The number of benzene rings is 1. The predicted molar refractivity (Wildman–Crippen MR) is 137 cm³/mol. The van der Waals surface area contributed by atoms with Crippen molar-refractivity contribution >= 4 is 17.5 Å². The van der Waals surface area contributed by atoms with Gasteiger partial charge in [0.05, 0.1) is 13.2 Å². The first-order valence-electron chi connectivity index (χ1n) is 13.0. The molecule has 0 bridgehead atoms. The lowest BCUT2D eigenvalue weighted by Crippen LogP contribution is -2.37. The Hall–Kier alpha value is -2.85. The number of anilines is 2. The van der Waals surface area contributed by atoms with Crippen molar-refractivity contribution in [2.45, 2.75) is 38.3 Å². The summed E-state index contributed by atoms with van der Waals surface area (Å²) in [6.45, 7) is 7.30. The molecule has 10 heteroatoms. The first kappa shape index (κ1) is 25.8. The van der Waals surface area contributed by atoms with Gasteiger partial charge in [-0.1, -0.05) is 6.07 Å². The fourth-order valence-electron chi connectivity index (χ4n) is 5.49. The van der Waals surface area contributed by atoms with Gasteiger partial charge in [-0.15, -0.1) is 0 Å². The number of ether oxygens (including phenoxy) is 1. The molecule has 37 heavy (non-hydrogen) atoms. The second-order valence-corrected chi connectivity index (χ2v) is 10.3. The molecule has 2 atom stereocenters. The molecule has 0 saturated carbocycles. The van der Waals surface area contributed by atoms with E-state index in [2.05, 4.69) is 27.7 Å². The van der Waals surface area contributed by atoms with Crippen LogP contribution in [0, 0.1) is 12.8 Å². The Bertz CT molecular complexity index is 1110. The summed E-state index contributed by atoms with van der Waals surface area (Å²) in [6, 6.07) is 9.65. The number of hydrogen-bond donors (Lipinski definition) is 2. The molecule has 3 saturated heterocycles. The molecule has 5 rings (SSSR count). The number of alkyl halides is 3. The smallest absolute Gasteiger partial charge is 0.378 e.